The normalized spacial score (nSPS) is 10.1. The number of hydrogen-bond acceptors (Lipinski definition) is 4. The lowest BCUT2D eigenvalue weighted by Crippen LogP contribution is -2.30. The van der Waals surface area contributed by atoms with Crippen molar-refractivity contribution in [2.45, 2.75) is 13.3 Å². The molecule has 0 unspecified atom stereocenters. The summed E-state index contributed by atoms with van der Waals surface area (Å²) in [6, 6.07) is 11.6. The second-order valence-corrected chi connectivity index (χ2v) is 5.20. The molecule has 0 atom stereocenters. The molecule has 0 aliphatic heterocycles. The summed E-state index contributed by atoms with van der Waals surface area (Å²) in [5, 5.41) is 16.2. The first-order valence-electron chi connectivity index (χ1n) is 7.43. The molecule has 126 valence electrons. The van der Waals surface area contributed by atoms with Gasteiger partial charge in [-0.05, 0) is 36.6 Å². The third-order valence-corrected chi connectivity index (χ3v) is 3.54. The fourth-order valence-corrected chi connectivity index (χ4v) is 2.29. The number of urea groups is 1. The van der Waals surface area contributed by atoms with Gasteiger partial charge in [0.25, 0.3) is 5.69 Å². The SMILES string of the molecule is COc1ccccc1CCNC(=O)Nc1ccc([N+](=O)[O-])cc1C. The first-order chi connectivity index (χ1) is 11.5. The van der Waals surface area contributed by atoms with Crippen LogP contribution >= 0.6 is 0 Å². The highest BCUT2D eigenvalue weighted by molar-refractivity contribution is 5.90. The molecule has 0 radical (unpaired) electrons. The number of nitro benzene ring substituents is 1. The number of methoxy groups -OCH3 is 1. The van der Waals surface area contributed by atoms with E-state index in [0.717, 1.165) is 11.3 Å². The molecular weight excluding hydrogens is 310 g/mol. The van der Waals surface area contributed by atoms with Crippen LogP contribution in [-0.2, 0) is 6.42 Å². The smallest absolute Gasteiger partial charge is 0.319 e. The van der Waals surface area contributed by atoms with Crippen LogP contribution in [0.25, 0.3) is 0 Å². The molecule has 0 fully saturated rings. The molecule has 24 heavy (non-hydrogen) atoms. The maximum absolute atomic E-state index is 11.9. The van der Waals surface area contributed by atoms with Crippen LogP contribution in [-0.4, -0.2) is 24.6 Å². The van der Waals surface area contributed by atoms with Gasteiger partial charge in [-0.25, -0.2) is 4.79 Å². The van der Waals surface area contributed by atoms with Gasteiger partial charge in [0.05, 0.1) is 12.0 Å². The number of anilines is 1. The third kappa shape index (κ3) is 4.45. The zero-order chi connectivity index (χ0) is 17.5. The van der Waals surface area contributed by atoms with E-state index in [2.05, 4.69) is 10.6 Å². The highest BCUT2D eigenvalue weighted by Crippen LogP contribution is 2.21. The number of carbonyl (C=O) groups excluding carboxylic acids is 1. The van der Waals surface area contributed by atoms with Crippen molar-refractivity contribution in [2.24, 2.45) is 0 Å². The van der Waals surface area contributed by atoms with Gasteiger partial charge >= 0.3 is 6.03 Å². The Bertz CT molecular complexity index is 746. The van der Waals surface area contributed by atoms with Crippen molar-refractivity contribution in [1.82, 2.24) is 5.32 Å². The van der Waals surface area contributed by atoms with E-state index in [1.165, 1.54) is 18.2 Å². The standard InChI is InChI=1S/C17H19N3O4/c1-12-11-14(20(22)23)7-8-15(12)19-17(21)18-10-9-13-5-3-4-6-16(13)24-2/h3-8,11H,9-10H2,1-2H3,(H2,18,19,21). The van der Waals surface area contributed by atoms with Crippen LogP contribution in [0.1, 0.15) is 11.1 Å². The summed E-state index contributed by atoms with van der Waals surface area (Å²) in [5.41, 5.74) is 2.17. The van der Waals surface area contributed by atoms with E-state index in [1.54, 1.807) is 14.0 Å². The molecule has 2 aromatic rings. The zero-order valence-electron chi connectivity index (χ0n) is 13.5. The van der Waals surface area contributed by atoms with Crippen molar-refractivity contribution in [3.05, 3.63) is 63.7 Å². The second kappa shape index (κ2) is 7.96. The van der Waals surface area contributed by atoms with Crippen LogP contribution in [0, 0.1) is 17.0 Å². The minimum absolute atomic E-state index is 0.00497. The van der Waals surface area contributed by atoms with E-state index in [4.69, 9.17) is 4.74 Å². The molecule has 2 rings (SSSR count). The molecule has 2 amide bonds. The fourth-order valence-electron chi connectivity index (χ4n) is 2.29. The molecular formula is C17H19N3O4. The quantitative estimate of drug-likeness (QED) is 0.628. The molecule has 2 N–H and O–H groups in total. The summed E-state index contributed by atoms with van der Waals surface area (Å²) < 4.78 is 5.26. The summed E-state index contributed by atoms with van der Waals surface area (Å²) in [6.45, 7) is 2.15. The minimum Gasteiger partial charge on any atom is -0.496 e. The van der Waals surface area contributed by atoms with Crippen molar-refractivity contribution in [2.75, 3.05) is 19.0 Å². The van der Waals surface area contributed by atoms with E-state index in [0.29, 0.717) is 24.2 Å². The van der Waals surface area contributed by atoms with Crippen LogP contribution in [0.5, 0.6) is 5.75 Å². The molecule has 7 nitrogen and oxygen atoms in total. The van der Waals surface area contributed by atoms with Crippen LogP contribution in [0.4, 0.5) is 16.2 Å². The number of nitro groups is 1. The number of non-ortho nitro benzene ring substituents is 1. The van der Waals surface area contributed by atoms with Crippen LogP contribution in [0.3, 0.4) is 0 Å². The van der Waals surface area contributed by atoms with Gasteiger partial charge in [0.1, 0.15) is 5.75 Å². The van der Waals surface area contributed by atoms with E-state index in [1.807, 2.05) is 24.3 Å². The lowest BCUT2D eigenvalue weighted by atomic mass is 10.1. The van der Waals surface area contributed by atoms with Crippen LogP contribution < -0.4 is 15.4 Å². The molecule has 2 aromatic carbocycles. The molecule has 0 aromatic heterocycles. The number of nitrogens with one attached hydrogen (secondary N) is 2. The number of para-hydroxylation sites is 1. The maximum Gasteiger partial charge on any atom is 0.319 e. The highest BCUT2D eigenvalue weighted by Gasteiger charge is 2.10. The summed E-state index contributed by atoms with van der Waals surface area (Å²) in [7, 11) is 1.61. The molecule has 0 saturated heterocycles. The predicted molar refractivity (Wildman–Crippen MR) is 91.6 cm³/mol. The topological polar surface area (TPSA) is 93.5 Å². The van der Waals surface area contributed by atoms with Crippen molar-refractivity contribution in [3.8, 4) is 5.75 Å². The van der Waals surface area contributed by atoms with Gasteiger partial charge in [-0.3, -0.25) is 10.1 Å². The Morgan fingerprint density at radius 3 is 2.67 bits per heavy atom. The van der Waals surface area contributed by atoms with Crippen molar-refractivity contribution in [3.63, 3.8) is 0 Å². The van der Waals surface area contributed by atoms with E-state index in [-0.39, 0.29) is 11.7 Å². The van der Waals surface area contributed by atoms with Gasteiger partial charge in [0, 0.05) is 24.4 Å². The number of aryl methyl sites for hydroxylation is 1. The van der Waals surface area contributed by atoms with Gasteiger partial charge in [-0.1, -0.05) is 18.2 Å². The minimum atomic E-state index is -0.468. The maximum atomic E-state index is 11.9. The number of rotatable bonds is 6. The average Bonchev–Trinajstić information content (AvgIpc) is 2.57. The van der Waals surface area contributed by atoms with Crippen molar-refractivity contribution in [1.29, 1.82) is 0 Å². The number of amides is 2. The summed E-state index contributed by atoms with van der Waals surface area (Å²) >= 11 is 0. The predicted octanol–water partition coefficient (Wildman–Crippen LogP) is 3.28. The molecule has 0 bridgehead atoms. The summed E-state index contributed by atoms with van der Waals surface area (Å²) in [6.07, 6.45) is 0.636. The average molecular weight is 329 g/mol. The first kappa shape index (κ1) is 17.3. The highest BCUT2D eigenvalue weighted by atomic mass is 16.6. The number of ether oxygens (including phenoxy) is 1. The molecule has 0 spiro atoms. The molecule has 7 heteroatoms. The molecule has 0 heterocycles. The van der Waals surface area contributed by atoms with Crippen LogP contribution in [0.2, 0.25) is 0 Å². The van der Waals surface area contributed by atoms with Gasteiger partial charge in [-0.2, -0.15) is 0 Å². The van der Waals surface area contributed by atoms with Gasteiger partial charge in [-0.15, -0.1) is 0 Å². The van der Waals surface area contributed by atoms with Crippen molar-refractivity contribution < 1.29 is 14.5 Å². The molecule has 0 saturated carbocycles. The van der Waals surface area contributed by atoms with Crippen molar-refractivity contribution >= 4 is 17.4 Å². The molecule has 0 aliphatic rings. The second-order valence-electron chi connectivity index (χ2n) is 5.20. The van der Waals surface area contributed by atoms with Gasteiger partial charge < -0.3 is 15.4 Å². The summed E-state index contributed by atoms with van der Waals surface area (Å²) in [5.74, 6) is 0.783. The first-order valence-corrected chi connectivity index (χ1v) is 7.43. The lowest BCUT2D eigenvalue weighted by molar-refractivity contribution is -0.384. The van der Waals surface area contributed by atoms with Crippen LogP contribution in [0.15, 0.2) is 42.5 Å². The van der Waals surface area contributed by atoms with E-state index < -0.39 is 4.92 Å². The Balaban J connectivity index is 1.88. The largest absolute Gasteiger partial charge is 0.496 e. The number of benzene rings is 2. The summed E-state index contributed by atoms with van der Waals surface area (Å²) in [4.78, 5) is 22.2. The Hall–Kier alpha value is -3.09. The number of hydrogen-bond donors (Lipinski definition) is 2. The van der Waals surface area contributed by atoms with Gasteiger partial charge in [0.15, 0.2) is 0 Å². The lowest BCUT2D eigenvalue weighted by Gasteiger charge is -2.11. The Labute approximate surface area is 139 Å². The zero-order valence-corrected chi connectivity index (χ0v) is 13.5. The number of nitrogens with zero attached hydrogens (tertiary/aromatic N) is 1. The number of carbonyl (C=O) groups is 1. The van der Waals surface area contributed by atoms with Gasteiger partial charge in [0.2, 0.25) is 0 Å². The Kier molecular flexibility index (Phi) is 5.73. The third-order valence-electron chi connectivity index (χ3n) is 3.54. The monoisotopic (exact) mass is 329 g/mol. The molecule has 0 aliphatic carbocycles. The Morgan fingerprint density at radius 2 is 2.00 bits per heavy atom. The fraction of sp³-hybridized carbons (Fsp3) is 0.235. The van der Waals surface area contributed by atoms with E-state index >= 15 is 0 Å². The Morgan fingerprint density at radius 1 is 1.25 bits per heavy atom. The van der Waals surface area contributed by atoms with E-state index in [9.17, 15) is 14.9 Å².